The number of carbonyl (C=O) groups excluding carboxylic acids is 2. The zero-order valence-corrected chi connectivity index (χ0v) is 19.8. The smallest absolute Gasteiger partial charge is 0.325 e. The highest BCUT2D eigenvalue weighted by Gasteiger charge is 2.49. The molecule has 3 unspecified atom stereocenters. The number of para-hydroxylation sites is 1. The van der Waals surface area contributed by atoms with Gasteiger partial charge in [0.15, 0.2) is 17.9 Å². The summed E-state index contributed by atoms with van der Waals surface area (Å²) in [5, 5.41) is 32.8. The maximum absolute atomic E-state index is 12.7. The van der Waals surface area contributed by atoms with Crippen LogP contribution in [0.5, 0.6) is 11.6 Å². The Morgan fingerprint density at radius 1 is 1.17 bits per heavy atom. The Hall–Kier alpha value is -4.16. The number of aromatic hydroxyl groups is 1. The number of β-amino-alcohol motifs (C(OH)–C–C–N with tert-alkyl or cyclic N) is 1. The fourth-order valence-electron chi connectivity index (χ4n) is 4.10. The molecule has 1 fully saturated rings. The number of nitrogens with zero attached hydrogens (tertiary/aromatic N) is 5. The summed E-state index contributed by atoms with van der Waals surface area (Å²) in [5.41, 5.74) is 0.867. The first-order valence-corrected chi connectivity index (χ1v) is 11.4. The van der Waals surface area contributed by atoms with Gasteiger partial charge in [-0.05, 0) is 30.3 Å². The van der Waals surface area contributed by atoms with E-state index in [9.17, 15) is 19.8 Å². The molecule has 1 aromatic heterocycles. The van der Waals surface area contributed by atoms with Crippen LogP contribution < -0.4 is 10.1 Å². The number of aromatic nitrogens is 1. The lowest BCUT2D eigenvalue weighted by Crippen LogP contribution is -2.64. The fourth-order valence-corrected chi connectivity index (χ4v) is 4.23. The monoisotopic (exact) mass is 511 g/mol. The van der Waals surface area contributed by atoms with Gasteiger partial charge in [-0.3, -0.25) is 10.1 Å². The molecule has 2 aromatic carbocycles. The number of guanidine groups is 1. The molecule has 0 aliphatic carbocycles. The third kappa shape index (κ3) is 4.43. The number of aliphatic hydroxyl groups excluding tert-OH is 1. The molecular formula is C23H22ClN7O5. The summed E-state index contributed by atoms with van der Waals surface area (Å²) in [5.74, 6) is -0.208. The van der Waals surface area contributed by atoms with Gasteiger partial charge >= 0.3 is 6.03 Å². The van der Waals surface area contributed by atoms with Crippen LogP contribution in [-0.4, -0.2) is 81.4 Å². The Balaban J connectivity index is 1.40. The van der Waals surface area contributed by atoms with Crippen molar-refractivity contribution in [2.45, 2.75) is 18.3 Å². The molecule has 5 rings (SSSR count). The van der Waals surface area contributed by atoms with Crippen LogP contribution in [0, 0.1) is 0 Å². The number of hydrogen-bond acceptors (Lipinski definition) is 9. The standard InChI is InChI=1S/C23H22ClN7O5/c1-30-19-18(21(34)27-23(30)35)31(10-13(32)11-36-14-8-6-12(24)7-9-14)22(26-19)29-28-17-15-4-2-3-5-16(15)25-20(17)33/h2-9,13,18-19,25,32-33H,10-11H2,1H3,(H,27,34,35). The predicted molar refractivity (Wildman–Crippen MR) is 130 cm³/mol. The van der Waals surface area contributed by atoms with Crippen molar-refractivity contribution in [3.63, 3.8) is 0 Å². The van der Waals surface area contributed by atoms with Crippen LogP contribution in [-0.2, 0) is 4.79 Å². The number of H-pyrrole nitrogens is 1. The van der Waals surface area contributed by atoms with Crippen molar-refractivity contribution in [3.8, 4) is 11.6 Å². The molecule has 3 atom stereocenters. The molecule has 3 amide bonds. The number of aliphatic imine (C=N–C) groups is 1. The number of benzene rings is 2. The van der Waals surface area contributed by atoms with Crippen molar-refractivity contribution in [2.75, 3.05) is 20.2 Å². The lowest BCUT2D eigenvalue weighted by Gasteiger charge is -2.36. The first-order valence-electron chi connectivity index (χ1n) is 11.0. The first kappa shape index (κ1) is 23.6. The number of urea groups is 1. The molecule has 36 heavy (non-hydrogen) atoms. The highest BCUT2D eigenvalue weighted by Crippen LogP contribution is 2.36. The number of carbonyl (C=O) groups is 2. The zero-order chi connectivity index (χ0) is 25.4. The number of fused-ring (bicyclic) bond motifs is 2. The van der Waals surface area contributed by atoms with E-state index in [1.54, 1.807) is 42.5 Å². The number of azo groups is 1. The van der Waals surface area contributed by atoms with E-state index in [4.69, 9.17) is 16.3 Å². The number of amides is 3. The van der Waals surface area contributed by atoms with Gasteiger partial charge in [-0.1, -0.05) is 29.8 Å². The van der Waals surface area contributed by atoms with Crippen LogP contribution >= 0.6 is 11.6 Å². The van der Waals surface area contributed by atoms with Gasteiger partial charge in [0.1, 0.15) is 18.5 Å². The Labute approximate surface area is 209 Å². The van der Waals surface area contributed by atoms with Crippen LogP contribution in [0.4, 0.5) is 10.5 Å². The van der Waals surface area contributed by atoms with E-state index in [1.165, 1.54) is 16.8 Å². The number of nitrogens with one attached hydrogen (secondary N) is 2. The second-order valence-electron chi connectivity index (χ2n) is 8.33. The van der Waals surface area contributed by atoms with Gasteiger partial charge in [-0.25, -0.2) is 9.79 Å². The van der Waals surface area contributed by atoms with E-state index in [2.05, 4.69) is 25.5 Å². The largest absolute Gasteiger partial charge is 0.493 e. The van der Waals surface area contributed by atoms with Crippen molar-refractivity contribution in [2.24, 2.45) is 15.2 Å². The van der Waals surface area contributed by atoms with Gasteiger partial charge < -0.3 is 29.7 Å². The van der Waals surface area contributed by atoms with Gasteiger partial charge in [-0.2, -0.15) is 0 Å². The molecule has 186 valence electrons. The van der Waals surface area contributed by atoms with Crippen molar-refractivity contribution >= 4 is 46.1 Å². The number of rotatable bonds is 6. The van der Waals surface area contributed by atoms with E-state index < -0.39 is 30.2 Å². The highest BCUT2D eigenvalue weighted by molar-refractivity contribution is 6.30. The summed E-state index contributed by atoms with van der Waals surface area (Å²) in [6, 6.07) is 12.3. The summed E-state index contributed by atoms with van der Waals surface area (Å²) < 4.78 is 5.62. The van der Waals surface area contributed by atoms with Gasteiger partial charge in [0.05, 0.1) is 12.1 Å². The quantitative estimate of drug-likeness (QED) is 0.373. The van der Waals surface area contributed by atoms with Gasteiger partial charge in [0.25, 0.3) is 5.91 Å². The Morgan fingerprint density at radius 3 is 2.69 bits per heavy atom. The highest BCUT2D eigenvalue weighted by atomic mass is 35.5. The zero-order valence-electron chi connectivity index (χ0n) is 19.0. The molecule has 12 nitrogen and oxygen atoms in total. The summed E-state index contributed by atoms with van der Waals surface area (Å²) in [7, 11) is 1.51. The Kier molecular flexibility index (Phi) is 6.20. The molecule has 0 spiro atoms. The molecule has 3 aromatic rings. The maximum atomic E-state index is 12.7. The van der Waals surface area contributed by atoms with E-state index in [-0.39, 0.29) is 30.7 Å². The number of likely N-dealkylation sites (N-methyl/N-ethyl adjacent to an activating group) is 1. The number of aliphatic hydroxyl groups is 1. The molecule has 2 aliphatic heterocycles. The number of hydrogen-bond donors (Lipinski definition) is 4. The van der Waals surface area contributed by atoms with Crippen molar-refractivity contribution in [3.05, 3.63) is 53.6 Å². The fraction of sp³-hybridized carbons (Fsp3) is 0.261. The van der Waals surface area contributed by atoms with Gasteiger partial charge in [0, 0.05) is 17.5 Å². The van der Waals surface area contributed by atoms with Crippen molar-refractivity contribution in [1.82, 2.24) is 20.1 Å². The molecule has 3 heterocycles. The van der Waals surface area contributed by atoms with Crippen molar-refractivity contribution < 1.29 is 24.5 Å². The number of halogens is 1. The second-order valence-corrected chi connectivity index (χ2v) is 8.77. The van der Waals surface area contributed by atoms with Crippen LogP contribution in [0.15, 0.2) is 63.8 Å². The third-order valence-corrected chi connectivity index (χ3v) is 6.15. The second kappa shape index (κ2) is 9.47. The topological polar surface area (TPSA) is 155 Å². The predicted octanol–water partition coefficient (Wildman–Crippen LogP) is 2.60. The molecule has 1 saturated heterocycles. The minimum absolute atomic E-state index is 0.0249. The molecule has 0 bridgehead atoms. The molecule has 4 N–H and O–H groups in total. The van der Waals surface area contributed by atoms with E-state index >= 15 is 0 Å². The summed E-state index contributed by atoms with van der Waals surface area (Å²) >= 11 is 5.89. The van der Waals surface area contributed by atoms with Crippen LogP contribution in [0.25, 0.3) is 10.9 Å². The molecule has 13 heteroatoms. The third-order valence-electron chi connectivity index (χ3n) is 5.90. The lowest BCUT2D eigenvalue weighted by atomic mass is 10.1. The van der Waals surface area contributed by atoms with E-state index in [1.807, 2.05) is 6.07 Å². The normalized spacial score (nSPS) is 20.6. The average Bonchev–Trinajstić information content (AvgIpc) is 3.38. The molecule has 0 radical (unpaired) electrons. The summed E-state index contributed by atoms with van der Waals surface area (Å²) in [6.45, 7) is -0.165. The van der Waals surface area contributed by atoms with E-state index in [0.717, 1.165) is 0 Å². The minimum atomic E-state index is -1.04. The van der Waals surface area contributed by atoms with Gasteiger partial charge in [-0.15, -0.1) is 10.2 Å². The maximum Gasteiger partial charge on any atom is 0.325 e. The molecule has 2 aliphatic rings. The van der Waals surface area contributed by atoms with Crippen LogP contribution in [0.3, 0.4) is 0 Å². The number of aromatic amines is 1. The Morgan fingerprint density at radius 2 is 1.92 bits per heavy atom. The van der Waals surface area contributed by atoms with Gasteiger partial charge in [0.2, 0.25) is 11.8 Å². The minimum Gasteiger partial charge on any atom is -0.493 e. The first-order chi connectivity index (χ1) is 17.3. The number of imide groups is 1. The van der Waals surface area contributed by atoms with Crippen molar-refractivity contribution in [1.29, 1.82) is 0 Å². The van der Waals surface area contributed by atoms with Crippen LogP contribution in [0.1, 0.15) is 0 Å². The van der Waals surface area contributed by atoms with Crippen LogP contribution in [0.2, 0.25) is 5.02 Å². The summed E-state index contributed by atoms with van der Waals surface area (Å²) in [4.78, 5) is 34.9. The molecule has 0 saturated carbocycles. The summed E-state index contributed by atoms with van der Waals surface area (Å²) in [6.07, 6.45) is -1.90. The Bertz CT molecular complexity index is 1370. The number of ether oxygens (including phenoxy) is 1. The average molecular weight is 512 g/mol. The molecular weight excluding hydrogens is 490 g/mol. The van der Waals surface area contributed by atoms with E-state index in [0.29, 0.717) is 21.7 Å². The lowest BCUT2D eigenvalue weighted by molar-refractivity contribution is -0.127. The SMILES string of the molecule is CN1C(=O)NC(=O)C2C1N=C(N=Nc1c(O)[nH]c3ccccc13)N2CC(O)COc1ccc(Cl)cc1.